The summed E-state index contributed by atoms with van der Waals surface area (Å²) >= 11 is 0. The predicted octanol–water partition coefficient (Wildman–Crippen LogP) is 3.83. The molecule has 1 aliphatic rings. The molecule has 1 saturated heterocycles. The van der Waals surface area contributed by atoms with Crippen LogP contribution < -0.4 is 4.74 Å². The van der Waals surface area contributed by atoms with Gasteiger partial charge in [0.1, 0.15) is 12.4 Å². The van der Waals surface area contributed by atoms with E-state index in [0.29, 0.717) is 0 Å². The number of hydrogen-bond donors (Lipinski definition) is 0. The molecule has 0 aromatic heterocycles. The number of nitrogens with zero attached hydrogens (tertiary/aromatic N) is 1. The third-order valence-electron chi connectivity index (χ3n) is 3.84. The Morgan fingerprint density at radius 3 is 2.15 bits per heavy atom. The van der Waals surface area contributed by atoms with Crippen LogP contribution >= 0.6 is 0 Å². The second-order valence-electron chi connectivity index (χ2n) is 5.29. The summed E-state index contributed by atoms with van der Waals surface area (Å²) in [7, 11) is 0. The molecular weight excluding hydrogens is 246 g/mol. The Morgan fingerprint density at radius 2 is 1.45 bits per heavy atom. The number of benzene rings is 2. The molecule has 0 atom stereocenters. The maximum Gasteiger partial charge on any atom is 0.119 e. The summed E-state index contributed by atoms with van der Waals surface area (Å²) in [6.07, 6.45) is 2.68. The van der Waals surface area contributed by atoms with Gasteiger partial charge in [-0.2, -0.15) is 0 Å². The molecule has 0 spiro atoms. The van der Waals surface area contributed by atoms with Crippen molar-refractivity contribution in [3.8, 4) is 16.9 Å². The summed E-state index contributed by atoms with van der Waals surface area (Å²) in [5.74, 6) is 0.962. The Kier molecular flexibility index (Phi) is 4.34. The van der Waals surface area contributed by atoms with Crippen molar-refractivity contribution in [3.05, 3.63) is 54.6 Å². The van der Waals surface area contributed by atoms with Crippen LogP contribution in [0.5, 0.6) is 5.75 Å². The Balaban J connectivity index is 1.53. The zero-order valence-electron chi connectivity index (χ0n) is 11.8. The van der Waals surface area contributed by atoms with E-state index in [9.17, 15) is 0 Å². The zero-order valence-corrected chi connectivity index (χ0v) is 11.8. The molecule has 0 bridgehead atoms. The second kappa shape index (κ2) is 6.58. The molecular formula is C18H21NO. The third-order valence-corrected chi connectivity index (χ3v) is 3.84. The highest BCUT2D eigenvalue weighted by molar-refractivity contribution is 5.63. The first-order valence-corrected chi connectivity index (χ1v) is 7.42. The van der Waals surface area contributed by atoms with E-state index in [1.165, 1.54) is 37.1 Å². The standard InChI is InChI=1S/C18H21NO/c1-2-6-16(7-3-1)17-8-10-18(11-9-17)20-15-14-19-12-4-5-13-19/h1-3,6-11H,4-5,12-15H2. The largest absolute Gasteiger partial charge is 0.492 e. The number of rotatable bonds is 5. The molecule has 0 aliphatic carbocycles. The number of likely N-dealkylation sites (tertiary alicyclic amines) is 1. The van der Waals surface area contributed by atoms with Crippen LogP contribution in [0.4, 0.5) is 0 Å². The monoisotopic (exact) mass is 267 g/mol. The molecule has 0 saturated carbocycles. The molecule has 0 N–H and O–H groups in total. The molecule has 0 radical (unpaired) electrons. The first-order chi connectivity index (χ1) is 9.92. The average molecular weight is 267 g/mol. The van der Waals surface area contributed by atoms with E-state index in [1.807, 2.05) is 6.07 Å². The van der Waals surface area contributed by atoms with Crippen LogP contribution in [0.3, 0.4) is 0 Å². The first-order valence-electron chi connectivity index (χ1n) is 7.42. The van der Waals surface area contributed by atoms with Crippen molar-refractivity contribution >= 4 is 0 Å². The minimum absolute atomic E-state index is 0.782. The van der Waals surface area contributed by atoms with Crippen molar-refractivity contribution in [2.45, 2.75) is 12.8 Å². The molecule has 1 fully saturated rings. The zero-order chi connectivity index (χ0) is 13.6. The van der Waals surface area contributed by atoms with Gasteiger partial charge in [0, 0.05) is 6.54 Å². The smallest absolute Gasteiger partial charge is 0.119 e. The molecule has 3 rings (SSSR count). The van der Waals surface area contributed by atoms with E-state index >= 15 is 0 Å². The van der Waals surface area contributed by atoms with Crippen molar-refractivity contribution in [1.29, 1.82) is 0 Å². The fourth-order valence-electron chi connectivity index (χ4n) is 2.67. The molecule has 0 unspecified atom stereocenters. The van der Waals surface area contributed by atoms with Gasteiger partial charge in [0.25, 0.3) is 0 Å². The molecule has 104 valence electrons. The number of hydrogen-bond acceptors (Lipinski definition) is 2. The van der Waals surface area contributed by atoms with E-state index in [2.05, 4.69) is 53.4 Å². The van der Waals surface area contributed by atoms with Gasteiger partial charge in [-0.3, -0.25) is 4.90 Å². The maximum absolute atomic E-state index is 5.82. The van der Waals surface area contributed by atoms with Crippen LogP contribution in [0, 0.1) is 0 Å². The summed E-state index contributed by atoms with van der Waals surface area (Å²) in [6.45, 7) is 4.29. The maximum atomic E-state index is 5.82. The summed E-state index contributed by atoms with van der Waals surface area (Å²) < 4.78 is 5.82. The van der Waals surface area contributed by atoms with Crippen LogP contribution in [0.15, 0.2) is 54.6 Å². The molecule has 2 heteroatoms. The van der Waals surface area contributed by atoms with Crippen LogP contribution in [0.2, 0.25) is 0 Å². The van der Waals surface area contributed by atoms with Crippen LogP contribution in [-0.2, 0) is 0 Å². The van der Waals surface area contributed by atoms with Gasteiger partial charge >= 0.3 is 0 Å². The minimum atomic E-state index is 0.782. The molecule has 20 heavy (non-hydrogen) atoms. The van der Waals surface area contributed by atoms with Crippen molar-refractivity contribution in [1.82, 2.24) is 4.90 Å². The molecule has 0 amide bonds. The van der Waals surface area contributed by atoms with Crippen LogP contribution in [-0.4, -0.2) is 31.1 Å². The van der Waals surface area contributed by atoms with Crippen molar-refractivity contribution in [2.75, 3.05) is 26.2 Å². The van der Waals surface area contributed by atoms with Crippen molar-refractivity contribution in [2.24, 2.45) is 0 Å². The quantitative estimate of drug-likeness (QED) is 0.816. The summed E-state index contributed by atoms with van der Waals surface area (Å²) in [5.41, 5.74) is 2.48. The van der Waals surface area contributed by atoms with Gasteiger partial charge in [-0.1, -0.05) is 42.5 Å². The highest BCUT2D eigenvalue weighted by atomic mass is 16.5. The summed E-state index contributed by atoms with van der Waals surface area (Å²) in [5, 5.41) is 0. The Morgan fingerprint density at radius 1 is 0.800 bits per heavy atom. The van der Waals surface area contributed by atoms with E-state index in [0.717, 1.165) is 18.9 Å². The average Bonchev–Trinajstić information content (AvgIpc) is 3.02. The Labute approximate surface area is 121 Å². The van der Waals surface area contributed by atoms with Gasteiger partial charge in [0.15, 0.2) is 0 Å². The van der Waals surface area contributed by atoms with Crippen molar-refractivity contribution in [3.63, 3.8) is 0 Å². The lowest BCUT2D eigenvalue weighted by Crippen LogP contribution is -2.25. The highest BCUT2D eigenvalue weighted by Crippen LogP contribution is 2.22. The van der Waals surface area contributed by atoms with Crippen LogP contribution in [0.1, 0.15) is 12.8 Å². The molecule has 2 aromatic carbocycles. The van der Waals surface area contributed by atoms with Gasteiger partial charge in [0.2, 0.25) is 0 Å². The lowest BCUT2D eigenvalue weighted by molar-refractivity contribution is 0.238. The first kappa shape index (κ1) is 13.2. The summed E-state index contributed by atoms with van der Waals surface area (Å²) in [4.78, 5) is 2.47. The Bertz CT molecular complexity index is 515. The molecule has 1 heterocycles. The van der Waals surface area contributed by atoms with E-state index in [-0.39, 0.29) is 0 Å². The minimum Gasteiger partial charge on any atom is -0.492 e. The van der Waals surface area contributed by atoms with Crippen molar-refractivity contribution < 1.29 is 4.74 Å². The van der Waals surface area contributed by atoms with Gasteiger partial charge in [0.05, 0.1) is 0 Å². The SMILES string of the molecule is c1ccc(-c2ccc(OCCN3CCCC3)cc2)cc1. The highest BCUT2D eigenvalue weighted by Gasteiger charge is 2.10. The van der Waals surface area contributed by atoms with Gasteiger partial charge in [-0.15, -0.1) is 0 Å². The third kappa shape index (κ3) is 3.40. The molecule has 2 aromatic rings. The van der Waals surface area contributed by atoms with Gasteiger partial charge in [-0.05, 0) is 49.2 Å². The fraction of sp³-hybridized carbons (Fsp3) is 0.333. The van der Waals surface area contributed by atoms with E-state index in [1.54, 1.807) is 0 Å². The molecule has 1 aliphatic heterocycles. The van der Waals surface area contributed by atoms with E-state index < -0.39 is 0 Å². The summed E-state index contributed by atoms with van der Waals surface area (Å²) in [6, 6.07) is 18.8. The fourth-order valence-corrected chi connectivity index (χ4v) is 2.67. The number of ether oxygens (including phenoxy) is 1. The lowest BCUT2D eigenvalue weighted by Gasteiger charge is -2.15. The Hall–Kier alpha value is -1.80. The second-order valence-corrected chi connectivity index (χ2v) is 5.29. The normalized spacial score (nSPS) is 15.4. The topological polar surface area (TPSA) is 12.5 Å². The van der Waals surface area contributed by atoms with Crippen LogP contribution in [0.25, 0.3) is 11.1 Å². The van der Waals surface area contributed by atoms with Gasteiger partial charge < -0.3 is 4.74 Å². The molecule has 2 nitrogen and oxygen atoms in total. The van der Waals surface area contributed by atoms with Gasteiger partial charge in [-0.25, -0.2) is 0 Å². The van der Waals surface area contributed by atoms with E-state index in [4.69, 9.17) is 4.74 Å². The predicted molar refractivity (Wildman–Crippen MR) is 83.0 cm³/mol. The lowest BCUT2D eigenvalue weighted by atomic mass is 10.1.